The highest BCUT2D eigenvalue weighted by atomic mass is 127. The molecule has 0 aliphatic carbocycles. The lowest BCUT2D eigenvalue weighted by Crippen LogP contribution is -2.36. The van der Waals surface area contributed by atoms with Gasteiger partial charge in [0, 0.05) is 8.04 Å². The number of hydrogen-bond donors (Lipinski definition) is 2. The predicted molar refractivity (Wildman–Crippen MR) is 84.2 cm³/mol. The summed E-state index contributed by atoms with van der Waals surface area (Å²) in [5.74, 6) is 0. The maximum absolute atomic E-state index is 11.7. The Morgan fingerprint density at radius 1 is 1.42 bits per heavy atom. The van der Waals surface area contributed by atoms with Crippen molar-refractivity contribution < 1.29 is 17.9 Å². The normalized spacial score (nSPS) is 11.2. The molecule has 0 aliphatic heterocycles. The van der Waals surface area contributed by atoms with Gasteiger partial charge in [0.05, 0.1) is 11.8 Å². The fourth-order valence-electron chi connectivity index (χ4n) is 1.09. The number of ether oxygens (including phenoxy) is 1. The van der Waals surface area contributed by atoms with Crippen molar-refractivity contribution in [2.75, 3.05) is 4.72 Å². The van der Waals surface area contributed by atoms with Crippen molar-refractivity contribution in [2.24, 2.45) is 0 Å². The van der Waals surface area contributed by atoms with Crippen molar-refractivity contribution in [3.8, 4) is 0 Å². The van der Waals surface area contributed by atoms with Crippen LogP contribution in [0.3, 0.4) is 0 Å². The minimum absolute atomic E-state index is 0.345. The Balaban J connectivity index is 2.74. The zero-order valence-electron chi connectivity index (χ0n) is 10.1. The van der Waals surface area contributed by atoms with Gasteiger partial charge in [0.1, 0.15) is 0 Å². The van der Waals surface area contributed by atoms with Crippen molar-refractivity contribution in [2.45, 2.75) is 20.0 Å². The van der Waals surface area contributed by atoms with E-state index >= 15 is 0 Å². The van der Waals surface area contributed by atoms with Crippen LogP contribution in [-0.4, -0.2) is 20.6 Å². The minimum atomic E-state index is -4.00. The number of rotatable bonds is 4. The Morgan fingerprint density at radius 3 is 2.58 bits per heavy atom. The Kier molecular flexibility index (Phi) is 5.86. The molecule has 106 valence electrons. The largest absolute Gasteiger partial charge is 0.446 e. The van der Waals surface area contributed by atoms with Gasteiger partial charge in [-0.3, -0.25) is 4.72 Å². The van der Waals surface area contributed by atoms with Gasteiger partial charge in [0.25, 0.3) is 0 Å². The molecule has 1 rings (SSSR count). The Bertz CT molecular complexity index is 577. The molecule has 2 N–H and O–H groups in total. The van der Waals surface area contributed by atoms with Crippen LogP contribution in [0.5, 0.6) is 0 Å². The van der Waals surface area contributed by atoms with Gasteiger partial charge in [-0.05, 0) is 70.6 Å². The first-order valence-corrected chi connectivity index (χ1v) is 8.51. The third-order valence-corrected chi connectivity index (χ3v) is 5.00. The second-order valence-electron chi connectivity index (χ2n) is 3.79. The Labute approximate surface area is 133 Å². The molecular formula is C10H12BrIN2O4S. The van der Waals surface area contributed by atoms with Gasteiger partial charge in [-0.2, -0.15) is 8.42 Å². The van der Waals surface area contributed by atoms with Crippen LogP contribution < -0.4 is 9.44 Å². The number of carbonyl (C=O) groups is 1. The van der Waals surface area contributed by atoms with Crippen LogP contribution in [0.2, 0.25) is 0 Å². The van der Waals surface area contributed by atoms with E-state index in [-0.39, 0.29) is 0 Å². The predicted octanol–water partition coefficient (Wildman–Crippen LogP) is 2.85. The van der Waals surface area contributed by atoms with Crippen molar-refractivity contribution in [3.63, 3.8) is 0 Å². The fraction of sp³-hybridized carbons (Fsp3) is 0.300. The van der Waals surface area contributed by atoms with Crippen LogP contribution in [0, 0.1) is 3.57 Å². The van der Waals surface area contributed by atoms with Crippen molar-refractivity contribution in [1.29, 1.82) is 0 Å². The van der Waals surface area contributed by atoms with Crippen molar-refractivity contribution >= 4 is 60.5 Å². The summed E-state index contributed by atoms with van der Waals surface area (Å²) in [5.41, 5.74) is 0.345. The van der Waals surface area contributed by atoms with Crippen LogP contribution in [0.4, 0.5) is 10.5 Å². The molecule has 0 heterocycles. The average Bonchev–Trinajstić information content (AvgIpc) is 2.20. The van der Waals surface area contributed by atoms with E-state index in [4.69, 9.17) is 0 Å². The van der Waals surface area contributed by atoms with Crippen LogP contribution >= 0.6 is 38.5 Å². The summed E-state index contributed by atoms with van der Waals surface area (Å²) in [4.78, 5) is 11.2. The molecule has 0 aliphatic rings. The molecule has 0 fully saturated rings. The van der Waals surface area contributed by atoms with Gasteiger partial charge in [-0.1, -0.05) is 0 Å². The van der Waals surface area contributed by atoms with Gasteiger partial charge < -0.3 is 4.74 Å². The van der Waals surface area contributed by atoms with E-state index in [1.807, 2.05) is 22.6 Å². The number of halogens is 2. The summed E-state index contributed by atoms with van der Waals surface area (Å²) in [6.45, 7) is 3.24. The van der Waals surface area contributed by atoms with Crippen LogP contribution in [0.25, 0.3) is 0 Å². The van der Waals surface area contributed by atoms with Crippen LogP contribution in [0.15, 0.2) is 22.7 Å². The minimum Gasteiger partial charge on any atom is -0.446 e. The number of nitrogens with one attached hydrogen (secondary N) is 2. The smallest absolute Gasteiger partial charge is 0.422 e. The van der Waals surface area contributed by atoms with Crippen molar-refractivity contribution in [1.82, 2.24) is 4.72 Å². The number of hydrogen-bond acceptors (Lipinski definition) is 4. The quantitative estimate of drug-likeness (QED) is 0.674. The molecule has 1 aromatic carbocycles. The van der Waals surface area contributed by atoms with E-state index in [0.29, 0.717) is 5.69 Å². The average molecular weight is 463 g/mol. The summed E-state index contributed by atoms with van der Waals surface area (Å²) < 4.78 is 33.7. The lowest BCUT2D eigenvalue weighted by atomic mass is 10.3. The molecule has 0 radical (unpaired) electrons. The molecule has 0 saturated heterocycles. The lowest BCUT2D eigenvalue weighted by molar-refractivity contribution is 0.121. The molecule has 0 spiro atoms. The summed E-state index contributed by atoms with van der Waals surface area (Å²) in [6.07, 6.45) is -1.42. The zero-order chi connectivity index (χ0) is 14.6. The van der Waals surface area contributed by atoms with E-state index in [1.165, 1.54) is 0 Å². The van der Waals surface area contributed by atoms with E-state index in [2.05, 4.69) is 25.4 Å². The fourth-order valence-corrected chi connectivity index (χ4v) is 2.61. The highest BCUT2D eigenvalue weighted by Gasteiger charge is 2.16. The first-order chi connectivity index (χ1) is 8.69. The number of benzene rings is 1. The van der Waals surface area contributed by atoms with Crippen LogP contribution in [-0.2, 0) is 14.9 Å². The van der Waals surface area contributed by atoms with Crippen molar-refractivity contribution in [3.05, 3.63) is 26.2 Å². The maximum Gasteiger partial charge on any atom is 0.422 e. The zero-order valence-corrected chi connectivity index (χ0v) is 14.7. The topological polar surface area (TPSA) is 84.5 Å². The number of anilines is 1. The van der Waals surface area contributed by atoms with E-state index in [9.17, 15) is 13.2 Å². The highest BCUT2D eigenvalue weighted by Crippen LogP contribution is 2.22. The number of carbonyl (C=O) groups excluding carboxylic acids is 1. The Hall–Kier alpha value is -0.550. The van der Waals surface area contributed by atoms with Gasteiger partial charge in [-0.15, -0.1) is 0 Å². The second-order valence-corrected chi connectivity index (χ2v) is 7.22. The summed E-state index contributed by atoms with van der Waals surface area (Å²) in [5, 5.41) is 0. The standard InChI is InChI=1S/C10H12BrIN2O4S/c1-6(2)18-10(15)14-19(16,17)13-7-3-4-8(11)9(12)5-7/h3-6,13H,1-2H3,(H,14,15). The molecule has 0 bridgehead atoms. The SMILES string of the molecule is CC(C)OC(=O)NS(=O)(=O)Nc1ccc(Br)c(I)c1. The van der Waals surface area contributed by atoms with E-state index < -0.39 is 22.4 Å². The van der Waals surface area contributed by atoms with Crippen LogP contribution in [0.1, 0.15) is 13.8 Å². The monoisotopic (exact) mass is 462 g/mol. The van der Waals surface area contributed by atoms with Gasteiger partial charge >= 0.3 is 16.3 Å². The molecule has 6 nitrogen and oxygen atoms in total. The molecule has 9 heteroatoms. The first kappa shape index (κ1) is 16.5. The molecule has 1 amide bonds. The first-order valence-electron chi connectivity index (χ1n) is 5.16. The third kappa shape index (κ3) is 5.95. The molecule has 1 aromatic rings. The Morgan fingerprint density at radius 2 is 2.05 bits per heavy atom. The summed E-state index contributed by atoms with van der Waals surface area (Å²) in [6, 6.07) is 4.89. The van der Waals surface area contributed by atoms with Gasteiger partial charge in [0.15, 0.2) is 0 Å². The van der Waals surface area contributed by atoms with E-state index in [1.54, 1.807) is 36.8 Å². The van der Waals surface area contributed by atoms with E-state index in [0.717, 1.165) is 8.04 Å². The molecular weight excluding hydrogens is 451 g/mol. The summed E-state index contributed by atoms with van der Waals surface area (Å²) in [7, 11) is -4.00. The van der Waals surface area contributed by atoms with Gasteiger partial charge in [0.2, 0.25) is 0 Å². The second kappa shape index (κ2) is 6.75. The third-order valence-electron chi connectivity index (χ3n) is 1.73. The molecule has 0 unspecified atom stereocenters. The molecule has 0 aromatic heterocycles. The molecule has 0 atom stereocenters. The summed E-state index contributed by atoms with van der Waals surface area (Å²) >= 11 is 5.35. The maximum atomic E-state index is 11.7. The highest BCUT2D eigenvalue weighted by molar-refractivity contribution is 14.1. The number of amides is 1. The lowest BCUT2D eigenvalue weighted by Gasteiger charge is -2.11. The molecule has 0 saturated carbocycles. The van der Waals surface area contributed by atoms with Gasteiger partial charge in [-0.25, -0.2) is 9.52 Å². The molecule has 19 heavy (non-hydrogen) atoms.